The molecular weight excluding hydrogens is 937 g/mol. The van der Waals surface area contributed by atoms with Gasteiger partial charge in [0.15, 0.2) is 0 Å². The van der Waals surface area contributed by atoms with Crippen LogP contribution in [-0.4, -0.2) is 0 Å². The van der Waals surface area contributed by atoms with E-state index in [0.717, 1.165) is 6.42 Å². The van der Waals surface area contributed by atoms with E-state index in [2.05, 4.69) is 299 Å². The number of hydrogen-bond donors (Lipinski definition) is 0. The third kappa shape index (κ3) is 9.02. The quantitative estimate of drug-likeness (QED) is 0.156. The van der Waals surface area contributed by atoms with Gasteiger partial charge in [0.05, 0.1) is 0 Å². The minimum Gasteiger partial charge on any atom is -0.0651 e. The van der Waals surface area contributed by atoms with Gasteiger partial charge in [-0.25, -0.2) is 0 Å². The monoisotopic (exact) mass is 1010 g/mol. The molecule has 0 fully saturated rings. The summed E-state index contributed by atoms with van der Waals surface area (Å²) in [5, 5.41) is 2.56. The van der Waals surface area contributed by atoms with Gasteiger partial charge in [0.2, 0.25) is 0 Å². The third-order valence-corrected chi connectivity index (χ3v) is 17.5. The van der Waals surface area contributed by atoms with Crippen molar-refractivity contribution in [2.24, 2.45) is 0 Å². The van der Waals surface area contributed by atoms with Gasteiger partial charge < -0.3 is 0 Å². The Hall–Kier alpha value is -8.32. The molecule has 14 rings (SSSR count). The minimum absolute atomic E-state index is 0.0255. The second-order valence-electron chi connectivity index (χ2n) is 23.8. The van der Waals surface area contributed by atoms with Crippen molar-refractivity contribution in [3.05, 3.63) is 287 Å². The Morgan fingerprint density at radius 1 is 0.256 bits per heavy atom. The highest BCUT2D eigenvalue weighted by molar-refractivity contribution is 5.89. The zero-order chi connectivity index (χ0) is 53.9. The summed E-state index contributed by atoms with van der Waals surface area (Å²) in [6.45, 7) is 20.7. The van der Waals surface area contributed by atoms with Gasteiger partial charge in [-0.15, -0.1) is 0 Å². The predicted molar refractivity (Wildman–Crippen MR) is 335 cm³/mol. The van der Waals surface area contributed by atoms with Crippen LogP contribution in [-0.2, 0) is 22.7 Å². The lowest BCUT2D eigenvalue weighted by molar-refractivity contribution is 0.659. The van der Waals surface area contributed by atoms with Crippen LogP contribution in [0.1, 0.15) is 105 Å². The molecule has 0 spiro atoms. The van der Waals surface area contributed by atoms with Crippen LogP contribution in [0.15, 0.2) is 237 Å². The summed E-state index contributed by atoms with van der Waals surface area (Å²) in [5.74, 6) is 0. The maximum absolute atomic E-state index is 2.43. The fourth-order valence-corrected chi connectivity index (χ4v) is 13.0. The Kier molecular flexibility index (Phi) is 12.9. The summed E-state index contributed by atoms with van der Waals surface area (Å²) in [5.41, 5.74) is 31.6. The molecule has 0 radical (unpaired) electrons. The lowest BCUT2D eigenvalue weighted by Gasteiger charge is -2.22. The molecule has 0 atom stereocenters. The van der Waals surface area contributed by atoms with Crippen molar-refractivity contribution in [1.82, 2.24) is 0 Å². The van der Waals surface area contributed by atoms with Crippen LogP contribution >= 0.6 is 0 Å². The van der Waals surface area contributed by atoms with Crippen molar-refractivity contribution in [2.45, 2.75) is 91.4 Å². The first-order valence-electron chi connectivity index (χ1n) is 28.2. The van der Waals surface area contributed by atoms with Crippen LogP contribution in [0, 0.1) is 13.8 Å². The lowest BCUT2D eigenvalue weighted by atomic mass is 9.81. The van der Waals surface area contributed by atoms with E-state index in [4.69, 9.17) is 0 Å². The molecule has 0 heterocycles. The molecule has 78 heavy (non-hydrogen) atoms. The van der Waals surface area contributed by atoms with Crippen molar-refractivity contribution in [3.8, 4) is 77.9 Å². The van der Waals surface area contributed by atoms with E-state index in [1.54, 1.807) is 0 Å². The molecule has 0 unspecified atom stereocenters. The normalized spacial score (nSPS) is 14.1. The maximum atomic E-state index is 2.43. The largest absolute Gasteiger partial charge is 0.0651 e. The molecule has 0 saturated heterocycles. The summed E-state index contributed by atoms with van der Waals surface area (Å²) in [7, 11) is 0. The van der Waals surface area contributed by atoms with Gasteiger partial charge in [0.1, 0.15) is 0 Å². The van der Waals surface area contributed by atoms with E-state index in [0.29, 0.717) is 0 Å². The van der Waals surface area contributed by atoms with Gasteiger partial charge in [-0.05, 0) is 172 Å². The highest BCUT2D eigenvalue weighted by Gasteiger charge is 2.38. The summed E-state index contributed by atoms with van der Waals surface area (Å²) < 4.78 is 0. The predicted octanol–water partition coefficient (Wildman–Crippen LogP) is 21.4. The zero-order valence-electron chi connectivity index (χ0n) is 46.9. The molecule has 3 aliphatic carbocycles. The van der Waals surface area contributed by atoms with Crippen LogP contribution in [0.3, 0.4) is 0 Å². The van der Waals surface area contributed by atoms with Gasteiger partial charge >= 0.3 is 0 Å². The Balaban J connectivity index is 0.000000120. The molecule has 3 aliphatic rings. The Morgan fingerprint density at radius 2 is 0.564 bits per heavy atom. The van der Waals surface area contributed by atoms with Crippen LogP contribution in [0.4, 0.5) is 0 Å². The lowest BCUT2D eigenvalue weighted by Crippen LogP contribution is -2.15. The molecule has 0 nitrogen and oxygen atoms in total. The van der Waals surface area contributed by atoms with Crippen LogP contribution in [0.2, 0.25) is 0 Å². The van der Waals surface area contributed by atoms with Gasteiger partial charge in [-0.1, -0.05) is 278 Å². The third-order valence-electron chi connectivity index (χ3n) is 17.5. The van der Waals surface area contributed by atoms with E-state index in [-0.39, 0.29) is 16.2 Å². The van der Waals surface area contributed by atoms with Crippen molar-refractivity contribution < 1.29 is 0 Å². The SMILES string of the molecule is CCCc1ccc2c(c1)C(C)(C)c1cc(-c3ccccc3)ccc1-2.Cc1ccc2c(c1)C(C)(C)c1cc(-c3ccc(-c4ccc5ccccc5c4)cc3)ccc1-2.Cc1ccc2c(c1)C(C)(C)c1cc(-c3ccccc3)ccc1-2. The molecule has 0 heteroatoms. The van der Waals surface area contributed by atoms with Crippen molar-refractivity contribution in [3.63, 3.8) is 0 Å². The molecule has 0 saturated carbocycles. The Labute approximate surface area is 464 Å². The zero-order valence-corrected chi connectivity index (χ0v) is 46.9. The van der Waals surface area contributed by atoms with Crippen molar-refractivity contribution in [1.29, 1.82) is 0 Å². The van der Waals surface area contributed by atoms with Crippen molar-refractivity contribution in [2.75, 3.05) is 0 Å². The first kappa shape index (κ1) is 50.5. The number of rotatable bonds is 6. The summed E-state index contributed by atoms with van der Waals surface area (Å²) in [6.07, 6.45) is 2.36. The van der Waals surface area contributed by atoms with E-state index < -0.39 is 0 Å². The average molecular weight is 1010 g/mol. The first-order valence-corrected chi connectivity index (χ1v) is 28.2. The van der Waals surface area contributed by atoms with Crippen LogP contribution < -0.4 is 0 Å². The Morgan fingerprint density at radius 3 is 0.987 bits per heavy atom. The van der Waals surface area contributed by atoms with Crippen LogP contribution in [0.25, 0.3) is 88.7 Å². The second kappa shape index (κ2) is 19.9. The molecule has 0 N–H and O–H groups in total. The summed E-state index contributed by atoms with van der Waals surface area (Å²) in [4.78, 5) is 0. The maximum Gasteiger partial charge on any atom is 0.0159 e. The van der Waals surface area contributed by atoms with Gasteiger partial charge in [-0.2, -0.15) is 0 Å². The highest BCUT2D eigenvalue weighted by Crippen LogP contribution is 2.53. The van der Waals surface area contributed by atoms with Crippen LogP contribution in [0.5, 0.6) is 0 Å². The molecule has 11 aromatic rings. The van der Waals surface area contributed by atoms with Gasteiger partial charge in [0, 0.05) is 16.2 Å². The number of fused-ring (bicyclic) bond motifs is 10. The van der Waals surface area contributed by atoms with Gasteiger partial charge in [-0.3, -0.25) is 0 Å². The topological polar surface area (TPSA) is 0 Å². The van der Waals surface area contributed by atoms with E-state index in [9.17, 15) is 0 Å². The second-order valence-corrected chi connectivity index (χ2v) is 23.8. The minimum atomic E-state index is 0.0255. The van der Waals surface area contributed by atoms with Crippen molar-refractivity contribution >= 4 is 10.8 Å². The fourth-order valence-electron chi connectivity index (χ4n) is 13.0. The molecular formula is C78H70. The summed E-state index contributed by atoms with van der Waals surface area (Å²) in [6, 6.07) is 87.2. The Bertz CT molecular complexity index is 4050. The van der Waals surface area contributed by atoms with E-state index in [1.807, 2.05) is 0 Å². The number of hydrogen-bond acceptors (Lipinski definition) is 0. The smallest absolute Gasteiger partial charge is 0.0159 e. The van der Waals surface area contributed by atoms with E-state index >= 15 is 0 Å². The molecule has 11 aromatic carbocycles. The molecule has 0 aliphatic heterocycles. The first-order chi connectivity index (χ1) is 37.7. The molecule has 0 aromatic heterocycles. The standard InChI is InChI=1S/C32H26.C24H24.C22H20/c1-21-8-16-28-29-17-15-27(20-31(29)32(2,3)30(28)18-21)24-11-9-23(10-12-24)26-14-13-22-6-4-5-7-25(22)19-26;1-4-8-17-11-13-20-21-14-12-19(18-9-6-5-7-10-18)16-23(21)24(2,3)22(20)15-17;1-15-9-11-18-19-12-10-17(16-7-5-4-6-8-16)14-21(19)22(2,3)20(18)13-15/h4-20H,1-3H3;5-7,9-16H,4,8H2,1-3H3;4-14H,1-3H3. The summed E-state index contributed by atoms with van der Waals surface area (Å²) >= 11 is 0. The molecule has 0 amide bonds. The molecule has 0 bridgehead atoms. The van der Waals surface area contributed by atoms with Gasteiger partial charge in [0.25, 0.3) is 0 Å². The fraction of sp³-hybridized carbons (Fsp3) is 0.179. The number of benzene rings is 11. The molecule has 382 valence electrons. The average Bonchev–Trinajstić information content (AvgIpc) is 4.19. The number of aryl methyl sites for hydroxylation is 3. The van der Waals surface area contributed by atoms with E-state index in [1.165, 1.54) is 145 Å². The highest BCUT2D eigenvalue weighted by atomic mass is 14.4.